The van der Waals surface area contributed by atoms with Crippen LogP contribution in [0.5, 0.6) is 0 Å². The smallest absolute Gasteiger partial charge is 0.221 e. The van der Waals surface area contributed by atoms with Crippen molar-refractivity contribution < 1.29 is 4.79 Å². The number of nitriles is 1. The number of carbonyl (C=O) groups is 1. The van der Waals surface area contributed by atoms with E-state index >= 15 is 0 Å². The fourth-order valence-electron chi connectivity index (χ4n) is 4.26. The van der Waals surface area contributed by atoms with Gasteiger partial charge in [0.2, 0.25) is 5.91 Å². The van der Waals surface area contributed by atoms with E-state index in [1.165, 1.54) is 5.56 Å². The van der Waals surface area contributed by atoms with Gasteiger partial charge in [0, 0.05) is 43.7 Å². The molecule has 1 aromatic carbocycles. The molecule has 2 aromatic heterocycles. The summed E-state index contributed by atoms with van der Waals surface area (Å²) in [5.74, 6) is 1.13. The first-order chi connectivity index (χ1) is 15.0. The molecule has 0 bridgehead atoms. The SMILES string of the molecule is CC(=O)Nc1ccc(-c2cnn(C)c2)cc1C1CCC(Nc2ccc(C#N)cn2)CC1. The molecule has 0 saturated heterocycles. The van der Waals surface area contributed by atoms with Crippen molar-refractivity contribution in [3.05, 3.63) is 60.0 Å². The van der Waals surface area contributed by atoms with Crippen molar-refractivity contribution in [3.63, 3.8) is 0 Å². The third-order valence-electron chi connectivity index (χ3n) is 5.81. The van der Waals surface area contributed by atoms with Crippen molar-refractivity contribution in [1.82, 2.24) is 14.8 Å². The van der Waals surface area contributed by atoms with Gasteiger partial charge in [0.05, 0.1) is 11.8 Å². The standard InChI is InChI=1S/C24H26N6O/c1-16(31)28-23-9-6-19(20-14-27-30(2)15-20)11-22(23)18-4-7-21(8-5-18)29-24-10-3-17(12-25)13-26-24/h3,6,9-11,13-15,18,21H,4-5,7-8H2,1-2H3,(H,26,29)(H,28,31). The second-order valence-electron chi connectivity index (χ2n) is 8.12. The minimum atomic E-state index is -0.0578. The predicted octanol–water partition coefficient (Wildman–Crippen LogP) is 4.45. The van der Waals surface area contributed by atoms with Crippen molar-refractivity contribution >= 4 is 17.4 Å². The second kappa shape index (κ2) is 9.00. The van der Waals surface area contributed by atoms with Crippen molar-refractivity contribution in [1.29, 1.82) is 5.26 Å². The van der Waals surface area contributed by atoms with Gasteiger partial charge < -0.3 is 10.6 Å². The number of nitrogens with zero attached hydrogens (tertiary/aromatic N) is 4. The third-order valence-corrected chi connectivity index (χ3v) is 5.81. The van der Waals surface area contributed by atoms with Crippen LogP contribution in [0.2, 0.25) is 0 Å². The monoisotopic (exact) mass is 414 g/mol. The van der Waals surface area contributed by atoms with Crippen LogP contribution in [0.15, 0.2) is 48.9 Å². The molecule has 1 amide bonds. The number of aromatic nitrogens is 3. The summed E-state index contributed by atoms with van der Waals surface area (Å²) in [6, 6.07) is 12.3. The van der Waals surface area contributed by atoms with Crippen LogP contribution < -0.4 is 10.6 Å². The number of pyridine rings is 1. The van der Waals surface area contributed by atoms with Crippen molar-refractivity contribution in [3.8, 4) is 17.2 Å². The van der Waals surface area contributed by atoms with E-state index in [9.17, 15) is 4.79 Å². The molecule has 0 aliphatic heterocycles. The van der Waals surface area contributed by atoms with E-state index in [0.29, 0.717) is 17.5 Å². The molecule has 0 spiro atoms. The highest BCUT2D eigenvalue weighted by Crippen LogP contribution is 2.39. The molecule has 31 heavy (non-hydrogen) atoms. The summed E-state index contributed by atoms with van der Waals surface area (Å²) in [7, 11) is 1.91. The third kappa shape index (κ3) is 4.92. The lowest BCUT2D eigenvalue weighted by molar-refractivity contribution is -0.114. The van der Waals surface area contributed by atoms with Gasteiger partial charge in [0.1, 0.15) is 11.9 Å². The van der Waals surface area contributed by atoms with Gasteiger partial charge in [-0.1, -0.05) is 6.07 Å². The molecule has 1 aliphatic carbocycles. The highest BCUT2D eigenvalue weighted by Gasteiger charge is 2.25. The Morgan fingerprint density at radius 3 is 2.55 bits per heavy atom. The Labute approximate surface area is 182 Å². The zero-order valence-electron chi connectivity index (χ0n) is 17.8. The van der Waals surface area contributed by atoms with E-state index in [1.807, 2.05) is 37.6 Å². The van der Waals surface area contributed by atoms with Gasteiger partial charge in [-0.15, -0.1) is 0 Å². The maximum Gasteiger partial charge on any atom is 0.221 e. The maximum absolute atomic E-state index is 11.7. The summed E-state index contributed by atoms with van der Waals surface area (Å²) in [5.41, 5.74) is 4.82. The van der Waals surface area contributed by atoms with Crippen LogP contribution in [0, 0.1) is 11.3 Å². The van der Waals surface area contributed by atoms with Crippen molar-refractivity contribution in [2.45, 2.75) is 44.6 Å². The van der Waals surface area contributed by atoms with Crippen LogP contribution in [-0.4, -0.2) is 26.7 Å². The molecule has 1 fully saturated rings. The molecule has 2 heterocycles. The Morgan fingerprint density at radius 1 is 1.13 bits per heavy atom. The molecular formula is C24H26N6O. The summed E-state index contributed by atoms with van der Waals surface area (Å²) in [6.07, 6.45) is 9.54. The Balaban J connectivity index is 1.49. The van der Waals surface area contributed by atoms with E-state index in [4.69, 9.17) is 5.26 Å². The molecule has 1 aliphatic rings. The van der Waals surface area contributed by atoms with Crippen molar-refractivity contribution in [2.24, 2.45) is 7.05 Å². The van der Waals surface area contributed by atoms with Crippen molar-refractivity contribution in [2.75, 3.05) is 10.6 Å². The fraction of sp³-hybridized carbons (Fsp3) is 0.333. The first-order valence-electron chi connectivity index (χ1n) is 10.5. The summed E-state index contributed by atoms with van der Waals surface area (Å²) >= 11 is 0. The largest absolute Gasteiger partial charge is 0.367 e. The Bertz CT molecular complexity index is 1100. The van der Waals surface area contributed by atoms with Crippen LogP contribution in [0.3, 0.4) is 0 Å². The topological polar surface area (TPSA) is 95.6 Å². The second-order valence-corrected chi connectivity index (χ2v) is 8.12. The number of nitrogens with one attached hydrogen (secondary N) is 2. The van der Waals surface area contributed by atoms with Crippen LogP contribution >= 0.6 is 0 Å². The Hall–Kier alpha value is -3.66. The van der Waals surface area contributed by atoms with Crippen LogP contribution in [0.25, 0.3) is 11.1 Å². The summed E-state index contributed by atoms with van der Waals surface area (Å²) in [4.78, 5) is 16.1. The first kappa shape index (κ1) is 20.6. The number of carbonyl (C=O) groups excluding carboxylic acids is 1. The minimum Gasteiger partial charge on any atom is -0.367 e. The maximum atomic E-state index is 11.7. The van der Waals surface area contributed by atoms with Gasteiger partial charge in [0.25, 0.3) is 0 Å². The van der Waals surface area contributed by atoms with Crippen LogP contribution in [0.4, 0.5) is 11.5 Å². The fourth-order valence-corrected chi connectivity index (χ4v) is 4.26. The molecule has 2 N–H and O–H groups in total. The number of hydrogen-bond acceptors (Lipinski definition) is 5. The summed E-state index contributed by atoms with van der Waals surface area (Å²) in [6.45, 7) is 1.55. The van der Waals surface area contributed by atoms with Gasteiger partial charge in [0.15, 0.2) is 0 Å². The molecule has 0 atom stereocenters. The quantitative estimate of drug-likeness (QED) is 0.643. The number of anilines is 2. The van der Waals surface area contributed by atoms with Gasteiger partial charge in [-0.3, -0.25) is 9.48 Å². The van der Waals surface area contributed by atoms with Gasteiger partial charge >= 0.3 is 0 Å². The van der Waals surface area contributed by atoms with E-state index in [0.717, 1.165) is 48.3 Å². The average molecular weight is 415 g/mol. The summed E-state index contributed by atoms with van der Waals surface area (Å²) < 4.78 is 1.80. The molecule has 4 rings (SSSR count). The highest BCUT2D eigenvalue weighted by atomic mass is 16.1. The van der Waals surface area contributed by atoms with Crippen LogP contribution in [-0.2, 0) is 11.8 Å². The normalized spacial score (nSPS) is 18.2. The molecule has 3 aromatic rings. The Morgan fingerprint density at radius 2 is 1.94 bits per heavy atom. The molecular weight excluding hydrogens is 388 g/mol. The van der Waals surface area contributed by atoms with E-state index < -0.39 is 0 Å². The zero-order chi connectivity index (χ0) is 21.8. The zero-order valence-corrected chi connectivity index (χ0v) is 17.8. The van der Waals surface area contributed by atoms with Gasteiger partial charge in [-0.05, 0) is 67.0 Å². The predicted molar refractivity (Wildman–Crippen MR) is 121 cm³/mol. The number of amides is 1. The number of benzene rings is 1. The number of rotatable bonds is 5. The van der Waals surface area contributed by atoms with E-state index in [-0.39, 0.29) is 5.91 Å². The van der Waals surface area contributed by atoms with Gasteiger partial charge in [-0.2, -0.15) is 10.4 Å². The molecule has 7 heteroatoms. The molecule has 7 nitrogen and oxygen atoms in total. The van der Waals surface area contributed by atoms with E-state index in [1.54, 1.807) is 23.9 Å². The lowest BCUT2D eigenvalue weighted by atomic mass is 9.80. The Kier molecular flexibility index (Phi) is 5.99. The number of hydrogen-bond donors (Lipinski definition) is 2. The highest BCUT2D eigenvalue weighted by molar-refractivity contribution is 5.90. The average Bonchev–Trinajstić information content (AvgIpc) is 3.21. The molecule has 0 radical (unpaired) electrons. The molecule has 1 saturated carbocycles. The van der Waals surface area contributed by atoms with Gasteiger partial charge in [-0.25, -0.2) is 4.98 Å². The number of aryl methyl sites for hydroxylation is 1. The van der Waals surface area contributed by atoms with E-state index in [2.05, 4.69) is 32.9 Å². The first-order valence-corrected chi connectivity index (χ1v) is 10.5. The summed E-state index contributed by atoms with van der Waals surface area (Å²) in [5, 5.41) is 19.7. The van der Waals surface area contributed by atoms with Crippen LogP contribution in [0.1, 0.15) is 49.7 Å². The molecule has 158 valence electrons. The minimum absolute atomic E-state index is 0.0578. The lowest BCUT2D eigenvalue weighted by Gasteiger charge is -2.31. The molecule has 0 unspecified atom stereocenters. The lowest BCUT2D eigenvalue weighted by Crippen LogP contribution is -2.26.